The van der Waals surface area contributed by atoms with Crippen LogP contribution in [0, 0.1) is 12.8 Å². The molecule has 4 aromatic rings. The zero-order valence-corrected chi connectivity index (χ0v) is 18.5. The number of piperidine rings is 1. The number of nitrogens with zero attached hydrogens (tertiary/aromatic N) is 3. The second-order valence-corrected chi connectivity index (χ2v) is 8.72. The van der Waals surface area contributed by atoms with Crippen molar-refractivity contribution in [2.24, 2.45) is 5.92 Å². The van der Waals surface area contributed by atoms with E-state index in [-0.39, 0.29) is 12.3 Å². The van der Waals surface area contributed by atoms with E-state index < -0.39 is 0 Å². The molecule has 0 amide bonds. The van der Waals surface area contributed by atoms with Gasteiger partial charge in [0.05, 0.1) is 12.6 Å². The van der Waals surface area contributed by atoms with Gasteiger partial charge in [-0.15, -0.1) is 0 Å². The fraction of sp³-hybridized carbons (Fsp3) is 0.360. The third-order valence-corrected chi connectivity index (χ3v) is 6.64. The predicted molar refractivity (Wildman–Crippen MR) is 125 cm³/mol. The van der Waals surface area contributed by atoms with Gasteiger partial charge in [0.25, 0.3) is 0 Å². The molecule has 0 unspecified atom stereocenters. The van der Waals surface area contributed by atoms with Crippen LogP contribution in [0.5, 0.6) is 5.75 Å². The highest BCUT2D eigenvalue weighted by atomic mass is 16.5. The highest BCUT2D eigenvalue weighted by molar-refractivity contribution is 5.92. The number of ether oxygens (including phenoxy) is 1. The molecule has 2 aromatic carbocycles. The summed E-state index contributed by atoms with van der Waals surface area (Å²) in [6, 6.07) is 14.4. The number of pyridine rings is 1. The van der Waals surface area contributed by atoms with Crippen LogP contribution in [0.4, 0.5) is 0 Å². The molecule has 0 bridgehead atoms. The van der Waals surface area contributed by atoms with Gasteiger partial charge in [-0.25, -0.2) is 14.3 Å². The van der Waals surface area contributed by atoms with Crippen LogP contribution in [-0.4, -0.2) is 51.4 Å². The first-order valence-corrected chi connectivity index (χ1v) is 11.1. The van der Waals surface area contributed by atoms with Crippen molar-refractivity contribution in [1.82, 2.24) is 19.5 Å². The third-order valence-electron chi connectivity index (χ3n) is 6.64. The number of benzene rings is 2. The van der Waals surface area contributed by atoms with Crippen molar-refractivity contribution < 1.29 is 9.84 Å². The maximum Gasteiger partial charge on any atom is 0.348 e. The van der Waals surface area contributed by atoms with Crippen LogP contribution < -0.4 is 10.4 Å². The number of rotatable bonds is 5. The standard InChI is InChI=1S/C25H28N4O3/c1-16-10-24-26-27-25(31)29(24)22-12-21(23(32-2)13-20(16)22)19-5-3-4-18(11-19)14-28-8-6-17(15-30)7-9-28/h3-5,10-13,17,30H,6-9,14-15H2,1-2H3,(H,27,31). The molecule has 1 aliphatic rings. The van der Waals surface area contributed by atoms with Crippen LogP contribution in [0.25, 0.3) is 27.7 Å². The van der Waals surface area contributed by atoms with Crippen molar-refractivity contribution in [1.29, 1.82) is 0 Å². The second-order valence-electron chi connectivity index (χ2n) is 8.72. The molecule has 3 heterocycles. The molecule has 0 saturated carbocycles. The van der Waals surface area contributed by atoms with Crippen molar-refractivity contribution in [3.63, 3.8) is 0 Å². The number of aliphatic hydroxyl groups excluding tert-OH is 1. The molecule has 0 radical (unpaired) electrons. The number of hydrogen-bond acceptors (Lipinski definition) is 5. The number of aromatic amines is 1. The van der Waals surface area contributed by atoms with Crippen molar-refractivity contribution in [2.75, 3.05) is 26.8 Å². The number of H-pyrrole nitrogens is 1. The molecule has 2 aromatic heterocycles. The van der Waals surface area contributed by atoms with Crippen LogP contribution in [-0.2, 0) is 6.54 Å². The van der Waals surface area contributed by atoms with Crippen LogP contribution in [0.15, 0.2) is 47.3 Å². The number of methoxy groups -OCH3 is 1. The van der Waals surface area contributed by atoms with Gasteiger partial charge in [0, 0.05) is 24.1 Å². The minimum atomic E-state index is -0.249. The Morgan fingerprint density at radius 3 is 2.75 bits per heavy atom. The molecule has 166 valence electrons. The van der Waals surface area contributed by atoms with Gasteiger partial charge in [-0.3, -0.25) is 4.90 Å². The maximum atomic E-state index is 12.4. The lowest BCUT2D eigenvalue weighted by molar-refractivity contribution is 0.127. The molecule has 1 aliphatic heterocycles. The number of aromatic nitrogens is 3. The van der Waals surface area contributed by atoms with E-state index in [1.165, 1.54) is 5.56 Å². The smallest absolute Gasteiger partial charge is 0.348 e. The lowest BCUT2D eigenvalue weighted by atomic mass is 9.96. The molecule has 7 heteroatoms. The van der Waals surface area contributed by atoms with Crippen LogP contribution in [0.1, 0.15) is 24.0 Å². The normalized spacial score (nSPS) is 15.6. The molecule has 0 atom stereocenters. The summed E-state index contributed by atoms with van der Waals surface area (Å²) in [6.45, 7) is 5.20. The van der Waals surface area contributed by atoms with Gasteiger partial charge in [0.2, 0.25) is 0 Å². The first-order valence-electron chi connectivity index (χ1n) is 11.1. The van der Waals surface area contributed by atoms with Gasteiger partial charge in [0.15, 0.2) is 5.65 Å². The highest BCUT2D eigenvalue weighted by Crippen LogP contribution is 2.36. The summed E-state index contributed by atoms with van der Waals surface area (Å²) in [5.74, 6) is 1.21. The Balaban J connectivity index is 1.55. The van der Waals surface area contributed by atoms with E-state index in [4.69, 9.17) is 4.74 Å². The van der Waals surface area contributed by atoms with Gasteiger partial charge in [-0.05, 0) is 79.7 Å². The predicted octanol–water partition coefficient (Wildman–Crippen LogP) is 3.36. The molecule has 32 heavy (non-hydrogen) atoms. The second kappa shape index (κ2) is 8.41. The molecule has 1 fully saturated rings. The summed E-state index contributed by atoms with van der Waals surface area (Å²) in [4.78, 5) is 14.9. The Morgan fingerprint density at radius 1 is 1.19 bits per heavy atom. The summed E-state index contributed by atoms with van der Waals surface area (Å²) < 4.78 is 7.37. The number of nitrogens with one attached hydrogen (secondary N) is 1. The van der Waals surface area contributed by atoms with Gasteiger partial charge < -0.3 is 9.84 Å². The first-order chi connectivity index (χ1) is 15.6. The van der Waals surface area contributed by atoms with Gasteiger partial charge >= 0.3 is 5.69 Å². The zero-order chi connectivity index (χ0) is 22.2. The van der Waals surface area contributed by atoms with E-state index in [1.54, 1.807) is 11.5 Å². The monoisotopic (exact) mass is 432 g/mol. The number of likely N-dealkylation sites (tertiary alicyclic amines) is 1. The average Bonchev–Trinajstić information content (AvgIpc) is 3.19. The molecule has 5 rings (SSSR count). The zero-order valence-electron chi connectivity index (χ0n) is 18.5. The SMILES string of the molecule is COc1cc2c(C)cc3n[nH]c(=O)n3c2cc1-c1cccc(CN2CCC(CO)CC2)c1. The summed E-state index contributed by atoms with van der Waals surface area (Å²) in [5.41, 5.74) is 5.44. The Labute approximate surface area is 186 Å². The van der Waals surface area contributed by atoms with E-state index in [0.717, 1.165) is 65.8 Å². The Morgan fingerprint density at radius 2 is 2.00 bits per heavy atom. The van der Waals surface area contributed by atoms with E-state index >= 15 is 0 Å². The van der Waals surface area contributed by atoms with Crippen molar-refractivity contribution in [2.45, 2.75) is 26.3 Å². The highest BCUT2D eigenvalue weighted by Gasteiger charge is 2.19. The number of aliphatic hydroxyl groups is 1. The van der Waals surface area contributed by atoms with Crippen LogP contribution >= 0.6 is 0 Å². The largest absolute Gasteiger partial charge is 0.496 e. The molecule has 0 aliphatic carbocycles. The van der Waals surface area contributed by atoms with E-state index in [0.29, 0.717) is 11.6 Å². The van der Waals surface area contributed by atoms with Crippen LogP contribution in [0.2, 0.25) is 0 Å². The molecular formula is C25H28N4O3. The van der Waals surface area contributed by atoms with Crippen LogP contribution in [0.3, 0.4) is 0 Å². The van der Waals surface area contributed by atoms with Gasteiger partial charge in [0.1, 0.15) is 5.75 Å². The van der Waals surface area contributed by atoms with Crippen molar-refractivity contribution in [3.05, 3.63) is 64.1 Å². The lowest BCUT2D eigenvalue weighted by Gasteiger charge is -2.31. The maximum absolute atomic E-state index is 12.4. The topological polar surface area (TPSA) is 82.9 Å². The number of aryl methyl sites for hydroxylation is 1. The van der Waals surface area contributed by atoms with Crippen molar-refractivity contribution >= 4 is 16.6 Å². The third kappa shape index (κ3) is 3.67. The number of hydrogen-bond donors (Lipinski definition) is 2. The van der Waals surface area contributed by atoms with Crippen molar-refractivity contribution in [3.8, 4) is 16.9 Å². The molecule has 2 N–H and O–H groups in total. The summed E-state index contributed by atoms with van der Waals surface area (Å²) in [6.07, 6.45) is 2.09. The summed E-state index contributed by atoms with van der Waals surface area (Å²) in [7, 11) is 1.68. The summed E-state index contributed by atoms with van der Waals surface area (Å²) in [5, 5.41) is 17.0. The van der Waals surface area contributed by atoms with E-state index in [2.05, 4.69) is 39.4 Å². The minimum Gasteiger partial charge on any atom is -0.496 e. The average molecular weight is 433 g/mol. The quantitative estimate of drug-likeness (QED) is 0.505. The molecule has 7 nitrogen and oxygen atoms in total. The Hall–Kier alpha value is -3.16. The van der Waals surface area contributed by atoms with Gasteiger partial charge in [-0.1, -0.05) is 18.2 Å². The Kier molecular flexibility index (Phi) is 5.45. The van der Waals surface area contributed by atoms with E-state index in [1.807, 2.05) is 25.1 Å². The number of fused-ring (bicyclic) bond motifs is 3. The fourth-order valence-corrected chi connectivity index (χ4v) is 4.80. The molecule has 0 spiro atoms. The Bertz CT molecular complexity index is 1330. The summed E-state index contributed by atoms with van der Waals surface area (Å²) >= 11 is 0. The minimum absolute atomic E-state index is 0.249. The lowest BCUT2D eigenvalue weighted by Crippen LogP contribution is -2.34. The molecule has 1 saturated heterocycles. The van der Waals surface area contributed by atoms with Gasteiger partial charge in [-0.2, -0.15) is 5.10 Å². The first kappa shape index (κ1) is 20.7. The van der Waals surface area contributed by atoms with E-state index in [9.17, 15) is 9.90 Å². The molecular weight excluding hydrogens is 404 g/mol. The fourth-order valence-electron chi connectivity index (χ4n) is 4.80.